The molecule has 0 aromatic heterocycles. The zero-order chi connectivity index (χ0) is 50.7. The molecule has 0 aliphatic heterocycles. The molecular formula is C64H108O6. The Morgan fingerprint density at radius 1 is 0.314 bits per heavy atom. The van der Waals surface area contributed by atoms with Crippen LogP contribution in [0.2, 0.25) is 0 Å². The molecule has 0 radical (unpaired) electrons. The Morgan fingerprint density at radius 3 is 1.01 bits per heavy atom. The van der Waals surface area contributed by atoms with Crippen molar-refractivity contribution in [2.24, 2.45) is 0 Å². The highest BCUT2D eigenvalue weighted by Crippen LogP contribution is 2.14. The summed E-state index contributed by atoms with van der Waals surface area (Å²) in [6, 6.07) is 0. The zero-order valence-electron chi connectivity index (χ0n) is 45.8. The van der Waals surface area contributed by atoms with Crippen molar-refractivity contribution in [1.82, 2.24) is 0 Å². The fourth-order valence-corrected chi connectivity index (χ4v) is 7.96. The third-order valence-electron chi connectivity index (χ3n) is 12.4. The van der Waals surface area contributed by atoms with Crippen LogP contribution in [0.1, 0.15) is 271 Å². The Labute approximate surface area is 432 Å². The monoisotopic (exact) mass is 973 g/mol. The first-order valence-corrected chi connectivity index (χ1v) is 29.3. The number of rotatable bonds is 52. The van der Waals surface area contributed by atoms with E-state index in [0.717, 1.165) is 122 Å². The molecule has 0 saturated heterocycles. The number of unbranched alkanes of at least 4 members (excludes halogenated alkanes) is 27. The molecule has 6 heteroatoms. The summed E-state index contributed by atoms with van der Waals surface area (Å²) in [7, 11) is 0. The quantitative estimate of drug-likeness (QED) is 0.0199. The fraction of sp³-hybridized carbons (Fsp3) is 0.703. The average molecular weight is 974 g/mol. The Balaban J connectivity index is 4.46. The molecule has 0 bridgehead atoms. The van der Waals surface area contributed by atoms with Gasteiger partial charge in [0.05, 0.1) is 0 Å². The van der Waals surface area contributed by atoms with Crippen molar-refractivity contribution in [2.75, 3.05) is 13.2 Å². The number of carbonyl (C=O) groups is 3. The molecular weight excluding hydrogens is 865 g/mol. The van der Waals surface area contributed by atoms with Gasteiger partial charge < -0.3 is 14.2 Å². The van der Waals surface area contributed by atoms with Crippen LogP contribution in [0.25, 0.3) is 0 Å². The van der Waals surface area contributed by atoms with Gasteiger partial charge in [0.1, 0.15) is 13.2 Å². The van der Waals surface area contributed by atoms with Crippen LogP contribution in [0.5, 0.6) is 0 Å². The van der Waals surface area contributed by atoms with Crippen molar-refractivity contribution in [3.05, 3.63) is 97.2 Å². The molecule has 1 unspecified atom stereocenters. The summed E-state index contributed by atoms with van der Waals surface area (Å²) in [4.78, 5) is 38.2. The average Bonchev–Trinajstić information content (AvgIpc) is 3.36. The van der Waals surface area contributed by atoms with Gasteiger partial charge in [0.25, 0.3) is 0 Å². The summed E-state index contributed by atoms with van der Waals surface area (Å²) in [5, 5.41) is 0. The van der Waals surface area contributed by atoms with E-state index in [1.165, 1.54) is 109 Å². The van der Waals surface area contributed by atoms with Crippen LogP contribution in [0, 0.1) is 0 Å². The molecule has 1 atom stereocenters. The smallest absolute Gasteiger partial charge is 0.306 e. The molecule has 0 amide bonds. The molecule has 6 nitrogen and oxygen atoms in total. The third kappa shape index (κ3) is 55.3. The van der Waals surface area contributed by atoms with Crippen LogP contribution in [-0.4, -0.2) is 37.2 Å². The summed E-state index contributed by atoms with van der Waals surface area (Å²) in [5.74, 6) is -0.927. The first-order chi connectivity index (χ1) is 34.5. The molecule has 0 aromatic rings. The highest BCUT2D eigenvalue weighted by Gasteiger charge is 2.19. The lowest BCUT2D eigenvalue weighted by molar-refractivity contribution is -0.167. The lowest BCUT2D eigenvalue weighted by Crippen LogP contribution is -2.30. The third-order valence-corrected chi connectivity index (χ3v) is 12.4. The number of hydrogen-bond donors (Lipinski definition) is 0. The van der Waals surface area contributed by atoms with E-state index >= 15 is 0 Å². The zero-order valence-corrected chi connectivity index (χ0v) is 45.8. The molecule has 0 rings (SSSR count). The van der Waals surface area contributed by atoms with Crippen molar-refractivity contribution in [3.8, 4) is 0 Å². The Kier molecular flexibility index (Phi) is 54.9. The maximum absolute atomic E-state index is 12.9. The van der Waals surface area contributed by atoms with Gasteiger partial charge in [-0.25, -0.2) is 0 Å². The van der Waals surface area contributed by atoms with Gasteiger partial charge in [0, 0.05) is 19.3 Å². The molecule has 0 fully saturated rings. The first-order valence-electron chi connectivity index (χ1n) is 29.3. The lowest BCUT2D eigenvalue weighted by Gasteiger charge is -2.18. The van der Waals surface area contributed by atoms with Gasteiger partial charge in [0.2, 0.25) is 0 Å². The predicted molar refractivity (Wildman–Crippen MR) is 302 cm³/mol. The number of esters is 3. The summed E-state index contributed by atoms with van der Waals surface area (Å²) in [6.07, 6.45) is 76.7. The van der Waals surface area contributed by atoms with Crippen molar-refractivity contribution >= 4 is 17.9 Å². The first kappa shape index (κ1) is 66.3. The summed E-state index contributed by atoms with van der Waals surface area (Å²) in [5.41, 5.74) is 0. The van der Waals surface area contributed by atoms with E-state index in [0.29, 0.717) is 19.3 Å². The highest BCUT2D eigenvalue weighted by molar-refractivity contribution is 5.71. The normalized spacial score (nSPS) is 12.8. The van der Waals surface area contributed by atoms with Gasteiger partial charge in [-0.2, -0.15) is 0 Å². The Morgan fingerprint density at radius 2 is 0.614 bits per heavy atom. The maximum Gasteiger partial charge on any atom is 0.306 e. The Hall–Kier alpha value is -3.67. The molecule has 0 N–H and O–H groups in total. The van der Waals surface area contributed by atoms with E-state index in [1.54, 1.807) is 0 Å². The van der Waals surface area contributed by atoms with Crippen molar-refractivity contribution < 1.29 is 28.6 Å². The lowest BCUT2D eigenvalue weighted by atomic mass is 10.1. The summed E-state index contributed by atoms with van der Waals surface area (Å²) >= 11 is 0. The van der Waals surface area contributed by atoms with Crippen LogP contribution in [0.4, 0.5) is 0 Å². The molecule has 0 aliphatic rings. The van der Waals surface area contributed by atoms with E-state index in [1.807, 2.05) is 0 Å². The van der Waals surface area contributed by atoms with E-state index in [4.69, 9.17) is 14.2 Å². The van der Waals surface area contributed by atoms with Crippen molar-refractivity contribution in [1.29, 1.82) is 0 Å². The predicted octanol–water partition coefficient (Wildman–Crippen LogP) is 19.7. The van der Waals surface area contributed by atoms with Gasteiger partial charge in [-0.1, -0.05) is 240 Å². The summed E-state index contributed by atoms with van der Waals surface area (Å²) < 4.78 is 16.9. The van der Waals surface area contributed by atoms with Crippen molar-refractivity contribution in [3.63, 3.8) is 0 Å². The summed E-state index contributed by atoms with van der Waals surface area (Å²) in [6.45, 7) is 6.48. The fourth-order valence-electron chi connectivity index (χ4n) is 7.96. The van der Waals surface area contributed by atoms with E-state index in [9.17, 15) is 14.4 Å². The standard InChI is InChI=1S/C64H108O6/c1-4-7-10-13-16-19-22-25-28-30-32-34-36-39-42-45-48-51-54-57-63(66)69-60-61(59-68-62(65)56-53-50-47-44-41-38-35-27-24-21-18-15-12-9-6-3)70-64(67)58-55-52-49-46-43-40-37-33-31-29-26-23-20-17-14-11-8-5-2/h7,10,16,19,21,23-26,28-29,31-34,37,61H,4-6,8-9,11-15,17-18,20,22,27,30,35-36,38-60H2,1-3H3/b10-7-,19-16-,24-21-,26-23-,28-25-,31-29-,34-32-,37-33-. The van der Waals surface area contributed by atoms with Gasteiger partial charge in [-0.05, 0) is 109 Å². The molecule has 0 saturated carbocycles. The second-order valence-corrected chi connectivity index (χ2v) is 19.2. The van der Waals surface area contributed by atoms with Crippen LogP contribution in [-0.2, 0) is 28.6 Å². The van der Waals surface area contributed by atoms with Gasteiger partial charge in [0.15, 0.2) is 6.10 Å². The molecule has 0 aliphatic carbocycles. The second-order valence-electron chi connectivity index (χ2n) is 19.2. The molecule has 0 aromatic carbocycles. The van der Waals surface area contributed by atoms with E-state index in [-0.39, 0.29) is 31.1 Å². The minimum atomic E-state index is -0.798. The number of hydrogen-bond acceptors (Lipinski definition) is 6. The minimum Gasteiger partial charge on any atom is -0.462 e. The topological polar surface area (TPSA) is 78.9 Å². The van der Waals surface area contributed by atoms with E-state index in [2.05, 4.69) is 118 Å². The highest BCUT2D eigenvalue weighted by atomic mass is 16.6. The van der Waals surface area contributed by atoms with Crippen LogP contribution < -0.4 is 0 Å². The van der Waals surface area contributed by atoms with Crippen LogP contribution in [0.3, 0.4) is 0 Å². The van der Waals surface area contributed by atoms with Gasteiger partial charge in [-0.3, -0.25) is 14.4 Å². The largest absolute Gasteiger partial charge is 0.462 e. The Bertz CT molecular complexity index is 1400. The van der Waals surface area contributed by atoms with Crippen molar-refractivity contribution in [2.45, 2.75) is 277 Å². The second kappa shape index (κ2) is 57.9. The molecule has 70 heavy (non-hydrogen) atoms. The van der Waals surface area contributed by atoms with Gasteiger partial charge in [-0.15, -0.1) is 0 Å². The minimum absolute atomic E-state index is 0.0932. The van der Waals surface area contributed by atoms with Gasteiger partial charge >= 0.3 is 17.9 Å². The van der Waals surface area contributed by atoms with E-state index < -0.39 is 6.10 Å². The molecule has 0 heterocycles. The van der Waals surface area contributed by atoms with Crippen LogP contribution >= 0.6 is 0 Å². The van der Waals surface area contributed by atoms with Crippen LogP contribution in [0.15, 0.2) is 97.2 Å². The SMILES string of the molecule is CC/C=C\C/C=C\C/C=C\C/C=C\CCCCCCCCC(=O)OCC(COC(=O)CCCCCCCCC/C=C\CCCCCC)OC(=O)CCCCCCC\C=C/C=C\C=C/CCCCCCC. The molecule has 400 valence electrons. The molecule has 0 spiro atoms. The number of carbonyl (C=O) groups excluding carboxylic acids is 3. The number of ether oxygens (including phenoxy) is 3. The maximum atomic E-state index is 12.9. The number of allylic oxidation sites excluding steroid dienone is 16.